The Morgan fingerprint density at radius 2 is 1.76 bits per heavy atom. The van der Waals surface area contributed by atoms with E-state index in [1.54, 1.807) is 12.3 Å². The molecule has 38 heavy (non-hydrogen) atoms. The van der Waals surface area contributed by atoms with Crippen LogP contribution in [0.4, 0.5) is 24.5 Å². The first-order valence-electron chi connectivity index (χ1n) is 12.1. The number of rotatable bonds is 6. The summed E-state index contributed by atoms with van der Waals surface area (Å²) < 4.78 is 50.6. The average Bonchev–Trinajstić information content (AvgIpc) is 2.86. The normalized spacial score (nSPS) is 19.3. The van der Waals surface area contributed by atoms with Crippen LogP contribution in [0.5, 0.6) is 0 Å². The molecule has 0 radical (unpaired) electrons. The number of aromatic nitrogens is 2. The summed E-state index contributed by atoms with van der Waals surface area (Å²) in [5, 5.41) is 4.91. The molecule has 4 rings (SSSR count). The Bertz CT molecular complexity index is 1370. The van der Waals surface area contributed by atoms with Crippen LogP contribution in [-0.2, 0) is 9.53 Å². The summed E-state index contributed by atoms with van der Waals surface area (Å²) >= 11 is 0. The third-order valence-electron chi connectivity index (χ3n) is 6.30. The number of halogens is 3. The number of hydrogen-bond donors (Lipinski definition) is 3. The average molecular weight is 528 g/mol. The smallest absolute Gasteiger partial charge is 0.274 e. The van der Waals surface area contributed by atoms with E-state index >= 15 is 4.39 Å². The molecule has 1 fully saturated rings. The Labute approximate surface area is 217 Å². The van der Waals surface area contributed by atoms with Crippen molar-refractivity contribution in [1.82, 2.24) is 9.97 Å². The number of carbonyl (C=O) groups excluding carboxylic acids is 2. The molecule has 0 saturated carbocycles. The van der Waals surface area contributed by atoms with E-state index in [0.717, 1.165) is 37.6 Å². The molecule has 0 bridgehead atoms. The molecule has 4 N–H and O–H groups in total. The van der Waals surface area contributed by atoms with Crippen LogP contribution >= 0.6 is 0 Å². The third kappa shape index (κ3) is 5.84. The SMILES string of the molecule is CC(=O)Nc1ccc(F)c(-c2nc(C(=O)Nc3cnccc3C3CC(N)CC(C(C)C)O3)ccc2F)c1F. The second kappa shape index (κ2) is 11.3. The van der Waals surface area contributed by atoms with Gasteiger partial charge < -0.3 is 21.1 Å². The van der Waals surface area contributed by atoms with Gasteiger partial charge in [0.1, 0.15) is 23.0 Å². The van der Waals surface area contributed by atoms with E-state index in [1.807, 2.05) is 13.8 Å². The molecule has 3 unspecified atom stereocenters. The van der Waals surface area contributed by atoms with Crippen LogP contribution in [-0.4, -0.2) is 33.9 Å². The van der Waals surface area contributed by atoms with Crippen molar-refractivity contribution in [2.24, 2.45) is 11.7 Å². The number of amides is 2. The van der Waals surface area contributed by atoms with Crippen molar-refractivity contribution in [2.45, 2.75) is 51.9 Å². The van der Waals surface area contributed by atoms with Crippen LogP contribution in [0.1, 0.15) is 55.8 Å². The fraction of sp³-hybridized carbons (Fsp3) is 0.333. The number of nitrogens with zero attached hydrogens (tertiary/aromatic N) is 2. The Balaban J connectivity index is 1.65. The van der Waals surface area contributed by atoms with Gasteiger partial charge in [-0.25, -0.2) is 18.2 Å². The molecular weight excluding hydrogens is 499 g/mol. The van der Waals surface area contributed by atoms with Crippen molar-refractivity contribution < 1.29 is 27.5 Å². The van der Waals surface area contributed by atoms with E-state index in [2.05, 4.69) is 20.6 Å². The predicted octanol–water partition coefficient (Wildman–Crippen LogP) is 4.98. The van der Waals surface area contributed by atoms with Crippen molar-refractivity contribution in [3.8, 4) is 11.3 Å². The summed E-state index contributed by atoms with van der Waals surface area (Å²) in [5.74, 6) is -4.48. The zero-order valence-corrected chi connectivity index (χ0v) is 21.1. The third-order valence-corrected chi connectivity index (χ3v) is 6.30. The molecule has 0 spiro atoms. The summed E-state index contributed by atoms with van der Waals surface area (Å²) in [6.07, 6.45) is 3.83. The minimum atomic E-state index is -1.22. The monoisotopic (exact) mass is 527 g/mol. The Morgan fingerprint density at radius 3 is 2.47 bits per heavy atom. The zero-order chi connectivity index (χ0) is 27.6. The summed E-state index contributed by atoms with van der Waals surface area (Å²) in [5.41, 5.74) is 5.11. The lowest BCUT2D eigenvalue weighted by Crippen LogP contribution is -2.39. The number of benzene rings is 1. The predicted molar refractivity (Wildman–Crippen MR) is 136 cm³/mol. The standard InChI is InChI=1S/C27H28F3N5O3/c1-13(2)22-10-15(31)11-23(38-22)16-8-9-32-12-21(16)35-27(37)20-7-5-18(29)26(34-20)24-17(28)4-6-19(25(24)30)33-14(3)36/h4-9,12-13,15,22-23H,10-11,31H2,1-3H3,(H,33,36)(H,35,37). The van der Waals surface area contributed by atoms with E-state index < -0.39 is 40.5 Å². The molecule has 3 heterocycles. The van der Waals surface area contributed by atoms with Gasteiger partial charge >= 0.3 is 0 Å². The first-order valence-corrected chi connectivity index (χ1v) is 12.1. The maximum absolute atomic E-state index is 15.0. The molecule has 3 aromatic rings. The minimum absolute atomic E-state index is 0.0557. The lowest BCUT2D eigenvalue weighted by atomic mass is 9.90. The van der Waals surface area contributed by atoms with E-state index in [-0.39, 0.29) is 35.5 Å². The van der Waals surface area contributed by atoms with Gasteiger partial charge in [0, 0.05) is 24.7 Å². The van der Waals surface area contributed by atoms with E-state index in [9.17, 15) is 18.4 Å². The van der Waals surface area contributed by atoms with Crippen molar-refractivity contribution in [1.29, 1.82) is 0 Å². The molecule has 200 valence electrons. The molecule has 1 aliphatic rings. The second-order valence-corrected chi connectivity index (χ2v) is 9.55. The molecule has 0 aliphatic carbocycles. The van der Waals surface area contributed by atoms with Gasteiger partial charge in [-0.1, -0.05) is 13.8 Å². The maximum Gasteiger partial charge on any atom is 0.274 e. The molecule has 2 amide bonds. The summed E-state index contributed by atoms with van der Waals surface area (Å²) in [4.78, 5) is 32.5. The highest BCUT2D eigenvalue weighted by Crippen LogP contribution is 2.37. The maximum atomic E-state index is 15.0. The number of nitrogens with two attached hydrogens (primary N) is 1. The number of hydrogen-bond acceptors (Lipinski definition) is 6. The molecule has 1 saturated heterocycles. The van der Waals surface area contributed by atoms with E-state index in [1.165, 1.54) is 6.20 Å². The summed E-state index contributed by atoms with van der Waals surface area (Å²) in [6, 6.07) is 5.51. The van der Waals surface area contributed by atoms with Gasteiger partial charge in [0.05, 0.1) is 35.3 Å². The number of anilines is 2. The minimum Gasteiger partial charge on any atom is -0.370 e. The zero-order valence-electron chi connectivity index (χ0n) is 21.1. The van der Waals surface area contributed by atoms with Crippen LogP contribution in [0, 0.1) is 23.4 Å². The fourth-order valence-corrected chi connectivity index (χ4v) is 4.40. The van der Waals surface area contributed by atoms with E-state index in [0.29, 0.717) is 17.7 Å². The molecule has 1 aromatic carbocycles. The number of pyridine rings is 2. The van der Waals surface area contributed by atoms with Gasteiger partial charge in [-0.15, -0.1) is 0 Å². The quantitative estimate of drug-likeness (QED) is 0.416. The van der Waals surface area contributed by atoms with E-state index in [4.69, 9.17) is 10.5 Å². The Hall–Kier alpha value is -3.83. The van der Waals surface area contributed by atoms with Crippen LogP contribution in [0.3, 0.4) is 0 Å². The van der Waals surface area contributed by atoms with Crippen molar-refractivity contribution >= 4 is 23.2 Å². The van der Waals surface area contributed by atoms with Crippen molar-refractivity contribution in [3.05, 3.63) is 71.4 Å². The second-order valence-electron chi connectivity index (χ2n) is 9.55. The highest BCUT2D eigenvalue weighted by molar-refractivity contribution is 6.03. The molecule has 2 aromatic heterocycles. The van der Waals surface area contributed by atoms with Crippen LogP contribution in [0.2, 0.25) is 0 Å². The van der Waals surface area contributed by atoms with Crippen molar-refractivity contribution in [3.63, 3.8) is 0 Å². The van der Waals surface area contributed by atoms with Crippen molar-refractivity contribution in [2.75, 3.05) is 10.6 Å². The largest absolute Gasteiger partial charge is 0.370 e. The fourth-order valence-electron chi connectivity index (χ4n) is 4.40. The van der Waals surface area contributed by atoms with Gasteiger partial charge in [0.2, 0.25) is 5.91 Å². The highest BCUT2D eigenvalue weighted by Gasteiger charge is 2.32. The first kappa shape index (κ1) is 27.2. The van der Waals surface area contributed by atoms with Gasteiger partial charge in [-0.05, 0) is 49.1 Å². The lowest BCUT2D eigenvalue weighted by molar-refractivity contribution is -0.114. The highest BCUT2D eigenvalue weighted by atomic mass is 19.1. The van der Waals surface area contributed by atoms with Gasteiger partial charge in [-0.3, -0.25) is 14.6 Å². The lowest BCUT2D eigenvalue weighted by Gasteiger charge is -2.36. The topological polar surface area (TPSA) is 119 Å². The van der Waals surface area contributed by atoms with Gasteiger partial charge in [-0.2, -0.15) is 0 Å². The van der Waals surface area contributed by atoms with Crippen LogP contribution in [0.25, 0.3) is 11.3 Å². The number of ether oxygens (including phenoxy) is 1. The molecule has 11 heteroatoms. The first-order chi connectivity index (χ1) is 18.0. The molecule has 8 nitrogen and oxygen atoms in total. The Morgan fingerprint density at radius 1 is 1.03 bits per heavy atom. The number of carbonyl (C=O) groups is 2. The molecule has 1 aliphatic heterocycles. The van der Waals surface area contributed by atoms with Crippen LogP contribution in [0.15, 0.2) is 42.7 Å². The van der Waals surface area contributed by atoms with Gasteiger partial charge in [0.25, 0.3) is 5.91 Å². The molecular formula is C27H28F3N5O3. The summed E-state index contributed by atoms with van der Waals surface area (Å²) in [6.45, 7) is 5.24. The van der Waals surface area contributed by atoms with Crippen LogP contribution < -0.4 is 16.4 Å². The molecule has 3 atom stereocenters. The summed E-state index contributed by atoms with van der Waals surface area (Å²) in [7, 11) is 0. The number of nitrogens with one attached hydrogen (secondary N) is 2. The van der Waals surface area contributed by atoms with Gasteiger partial charge in [0.15, 0.2) is 5.82 Å². The Kier molecular flexibility index (Phi) is 8.08.